The maximum absolute atomic E-state index is 13.2. The summed E-state index contributed by atoms with van der Waals surface area (Å²) >= 11 is 0. The summed E-state index contributed by atoms with van der Waals surface area (Å²) < 4.78 is 18.3. The molecule has 0 bridgehead atoms. The van der Waals surface area contributed by atoms with Crippen LogP contribution in [0.3, 0.4) is 0 Å². The van der Waals surface area contributed by atoms with E-state index in [0.29, 0.717) is 31.3 Å². The number of likely N-dealkylation sites (tertiary alicyclic amines) is 1. The molecule has 1 aromatic carbocycles. The zero-order chi connectivity index (χ0) is 15.0. The number of nitrogens with zero attached hydrogens (tertiary/aromatic N) is 1. The summed E-state index contributed by atoms with van der Waals surface area (Å²) in [6.45, 7) is 0.616. The fourth-order valence-corrected chi connectivity index (χ4v) is 2.38. The molecule has 1 fully saturated rings. The van der Waals surface area contributed by atoms with Crippen LogP contribution in [0.15, 0.2) is 33.5 Å². The van der Waals surface area contributed by atoms with Gasteiger partial charge < -0.3 is 9.32 Å². The Morgan fingerprint density at radius 2 is 1.86 bits per heavy atom. The Morgan fingerprint density at radius 1 is 1.14 bits per heavy atom. The first-order valence-corrected chi connectivity index (χ1v) is 6.59. The Kier molecular flexibility index (Phi) is 3.29. The number of halogens is 1. The van der Waals surface area contributed by atoms with Gasteiger partial charge in [0.25, 0.3) is 5.91 Å². The molecule has 1 amide bonds. The summed E-state index contributed by atoms with van der Waals surface area (Å²) in [5.74, 6) is -0.964. The third-order valence-corrected chi connectivity index (χ3v) is 3.54. The number of benzene rings is 1. The second-order valence-corrected chi connectivity index (χ2v) is 4.96. The molecular formula is C15H12FNO4. The van der Waals surface area contributed by atoms with Crippen LogP contribution in [0, 0.1) is 5.82 Å². The average molecular weight is 289 g/mol. The number of hydrogen-bond acceptors (Lipinski definition) is 4. The van der Waals surface area contributed by atoms with Crippen LogP contribution in [-0.2, 0) is 4.79 Å². The lowest BCUT2D eigenvalue weighted by atomic mass is 10.1. The molecule has 1 aliphatic rings. The molecule has 0 aliphatic carbocycles. The molecule has 108 valence electrons. The fraction of sp³-hybridized carbons (Fsp3) is 0.267. The molecule has 1 saturated heterocycles. The number of hydrogen-bond donors (Lipinski definition) is 0. The van der Waals surface area contributed by atoms with Gasteiger partial charge in [0.15, 0.2) is 5.76 Å². The van der Waals surface area contributed by atoms with Crippen molar-refractivity contribution in [1.29, 1.82) is 0 Å². The second kappa shape index (κ2) is 5.12. The van der Waals surface area contributed by atoms with Crippen molar-refractivity contribution in [2.45, 2.75) is 12.8 Å². The van der Waals surface area contributed by atoms with Gasteiger partial charge in [-0.1, -0.05) is 0 Å². The summed E-state index contributed by atoms with van der Waals surface area (Å²) in [6, 6.07) is 5.03. The van der Waals surface area contributed by atoms with Crippen LogP contribution in [0.25, 0.3) is 10.8 Å². The Bertz CT molecular complexity index is 786. The molecule has 0 radical (unpaired) electrons. The zero-order valence-corrected chi connectivity index (χ0v) is 11.1. The highest BCUT2D eigenvalue weighted by molar-refractivity contribution is 5.96. The van der Waals surface area contributed by atoms with Gasteiger partial charge >= 0.3 is 5.63 Å². The first kappa shape index (κ1) is 13.5. The predicted molar refractivity (Wildman–Crippen MR) is 72.6 cm³/mol. The molecule has 0 atom stereocenters. The van der Waals surface area contributed by atoms with Crippen molar-refractivity contribution in [2.24, 2.45) is 0 Å². The molecule has 0 spiro atoms. The molecule has 5 nitrogen and oxygen atoms in total. The molecule has 6 heteroatoms. The quantitative estimate of drug-likeness (QED) is 0.802. The van der Waals surface area contributed by atoms with Gasteiger partial charge in [0.1, 0.15) is 11.6 Å². The van der Waals surface area contributed by atoms with Crippen molar-refractivity contribution in [3.8, 4) is 0 Å². The van der Waals surface area contributed by atoms with E-state index in [-0.39, 0.29) is 16.9 Å². The maximum atomic E-state index is 13.2. The minimum Gasteiger partial charge on any atom is -0.417 e. The lowest BCUT2D eigenvalue weighted by molar-refractivity contribution is -0.120. The van der Waals surface area contributed by atoms with E-state index < -0.39 is 17.3 Å². The van der Waals surface area contributed by atoms with Gasteiger partial charge in [-0.2, -0.15) is 0 Å². The van der Waals surface area contributed by atoms with Crippen molar-refractivity contribution < 1.29 is 18.4 Å². The molecule has 0 saturated carbocycles. The predicted octanol–water partition coefficient (Wildman–Crippen LogP) is 1.74. The van der Waals surface area contributed by atoms with Crippen LogP contribution in [0.1, 0.15) is 23.4 Å². The Morgan fingerprint density at radius 3 is 2.57 bits per heavy atom. The van der Waals surface area contributed by atoms with Crippen molar-refractivity contribution in [3.05, 3.63) is 46.3 Å². The number of fused-ring (bicyclic) bond motifs is 1. The maximum Gasteiger partial charge on any atom is 0.344 e. The molecule has 1 aliphatic heterocycles. The second-order valence-electron chi connectivity index (χ2n) is 4.96. The molecule has 0 unspecified atom stereocenters. The van der Waals surface area contributed by atoms with E-state index in [1.165, 1.54) is 23.1 Å². The van der Waals surface area contributed by atoms with E-state index in [2.05, 4.69) is 0 Å². The van der Waals surface area contributed by atoms with Crippen molar-refractivity contribution in [3.63, 3.8) is 0 Å². The minimum absolute atomic E-state index is 0.112. The van der Waals surface area contributed by atoms with E-state index in [4.69, 9.17) is 4.42 Å². The average Bonchev–Trinajstić information content (AvgIpc) is 2.46. The highest BCUT2D eigenvalue weighted by Gasteiger charge is 2.24. The summed E-state index contributed by atoms with van der Waals surface area (Å²) in [5.41, 5.74) is -0.677. The number of piperidine rings is 1. The van der Waals surface area contributed by atoms with E-state index in [1.807, 2.05) is 0 Å². The topological polar surface area (TPSA) is 67.6 Å². The van der Waals surface area contributed by atoms with Crippen LogP contribution < -0.4 is 5.63 Å². The Balaban J connectivity index is 1.98. The molecule has 2 heterocycles. The lowest BCUT2D eigenvalue weighted by Gasteiger charge is -2.25. The highest BCUT2D eigenvalue weighted by Crippen LogP contribution is 2.16. The summed E-state index contributed by atoms with van der Waals surface area (Å²) in [4.78, 5) is 36.8. The van der Waals surface area contributed by atoms with Gasteiger partial charge in [0, 0.05) is 25.9 Å². The number of amides is 1. The van der Waals surface area contributed by atoms with Gasteiger partial charge in [-0.15, -0.1) is 0 Å². The molecule has 3 rings (SSSR count). The third kappa shape index (κ3) is 2.56. The minimum atomic E-state index is -0.677. The standard InChI is InChI=1S/C15H12FNO4/c16-10-1-2-12-9(7-10)8-13(21-15(12)20)14(19)17-5-3-11(18)4-6-17/h1-2,7-8H,3-6H2. The van der Waals surface area contributed by atoms with E-state index >= 15 is 0 Å². The normalized spacial score (nSPS) is 15.5. The third-order valence-electron chi connectivity index (χ3n) is 3.54. The first-order valence-electron chi connectivity index (χ1n) is 6.59. The van der Waals surface area contributed by atoms with Crippen molar-refractivity contribution in [2.75, 3.05) is 13.1 Å². The van der Waals surface area contributed by atoms with Crippen LogP contribution in [-0.4, -0.2) is 29.7 Å². The number of carbonyl (C=O) groups excluding carboxylic acids is 2. The molecule has 0 N–H and O–H groups in total. The molecular weight excluding hydrogens is 277 g/mol. The number of Topliss-reactive ketones (excluding diaryl/α,β-unsaturated/α-hetero) is 1. The largest absolute Gasteiger partial charge is 0.417 e. The molecule has 21 heavy (non-hydrogen) atoms. The van der Waals surface area contributed by atoms with Crippen LogP contribution in [0.2, 0.25) is 0 Å². The van der Waals surface area contributed by atoms with Gasteiger partial charge in [-0.05, 0) is 29.7 Å². The lowest BCUT2D eigenvalue weighted by Crippen LogP contribution is -2.38. The van der Waals surface area contributed by atoms with E-state index in [9.17, 15) is 18.8 Å². The monoisotopic (exact) mass is 289 g/mol. The number of ketones is 1. The van der Waals surface area contributed by atoms with E-state index in [0.717, 1.165) is 6.07 Å². The van der Waals surface area contributed by atoms with Crippen LogP contribution >= 0.6 is 0 Å². The zero-order valence-electron chi connectivity index (χ0n) is 11.1. The van der Waals surface area contributed by atoms with Gasteiger partial charge in [-0.25, -0.2) is 9.18 Å². The summed E-state index contributed by atoms with van der Waals surface area (Å²) in [5, 5.41) is 0.546. The van der Waals surface area contributed by atoms with Gasteiger partial charge in [-0.3, -0.25) is 9.59 Å². The van der Waals surface area contributed by atoms with E-state index in [1.54, 1.807) is 0 Å². The molecule has 1 aromatic heterocycles. The summed E-state index contributed by atoms with van der Waals surface area (Å²) in [7, 11) is 0. The number of carbonyl (C=O) groups is 2. The first-order chi connectivity index (χ1) is 10.0. The smallest absolute Gasteiger partial charge is 0.344 e. The SMILES string of the molecule is O=C1CCN(C(=O)c2cc3cc(F)ccc3c(=O)o2)CC1. The highest BCUT2D eigenvalue weighted by atomic mass is 19.1. The van der Waals surface area contributed by atoms with Crippen molar-refractivity contribution in [1.82, 2.24) is 4.90 Å². The van der Waals surface area contributed by atoms with Crippen LogP contribution in [0.4, 0.5) is 4.39 Å². The van der Waals surface area contributed by atoms with Gasteiger partial charge in [0.05, 0.1) is 5.39 Å². The Labute approximate surface area is 119 Å². The fourth-order valence-electron chi connectivity index (χ4n) is 2.38. The Hall–Kier alpha value is -2.50. The number of rotatable bonds is 1. The van der Waals surface area contributed by atoms with Crippen molar-refractivity contribution >= 4 is 22.5 Å². The molecule has 2 aromatic rings. The van der Waals surface area contributed by atoms with Gasteiger partial charge in [0.2, 0.25) is 0 Å². The summed E-state index contributed by atoms with van der Waals surface area (Å²) in [6.07, 6.45) is 0.608. The van der Waals surface area contributed by atoms with Crippen LogP contribution in [0.5, 0.6) is 0 Å².